The molecule has 0 fully saturated rings. The third-order valence-corrected chi connectivity index (χ3v) is 5.68. The lowest BCUT2D eigenvalue weighted by atomic mass is 9.93. The monoisotopic (exact) mass is 503 g/mol. The van der Waals surface area contributed by atoms with Gasteiger partial charge in [-0.2, -0.15) is 0 Å². The molecule has 0 aliphatic rings. The Balaban J connectivity index is 1.68. The van der Waals surface area contributed by atoms with Crippen LogP contribution in [0.25, 0.3) is 22.2 Å². The zero-order valence-corrected chi connectivity index (χ0v) is 21.1. The summed E-state index contributed by atoms with van der Waals surface area (Å²) < 4.78 is 11.0. The Bertz CT molecular complexity index is 1470. The van der Waals surface area contributed by atoms with Gasteiger partial charge in [0.2, 0.25) is 5.88 Å². The van der Waals surface area contributed by atoms with Crippen molar-refractivity contribution in [3.05, 3.63) is 59.8 Å². The average molecular weight is 504 g/mol. The number of H-pyrrole nitrogens is 1. The van der Waals surface area contributed by atoms with Crippen LogP contribution in [0.2, 0.25) is 0 Å². The first-order chi connectivity index (χ1) is 17.5. The fraction of sp³-hybridized carbons (Fsp3) is 0.259. The maximum absolute atomic E-state index is 13.3. The molecule has 192 valence electrons. The average Bonchev–Trinajstić information content (AvgIpc) is 3.22. The zero-order valence-electron chi connectivity index (χ0n) is 21.1. The first-order valence-electron chi connectivity index (χ1n) is 11.7. The topological polar surface area (TPSA) is 152 Å². The molecule has 1 amide bonds. The van der Waals surface area contributed by atoms with Gasteiger partial charge in [0.25, 0.3) is 5.91 Å². The number of carboxylic acids is 1. The number of nitrogen functional groups attached to an aromatic ring is 1. The molecule has 0 unspecified atom stereocenters. The molecule has 0 saturated heterocycles. The molecule has 0 aliphatic heterocycles. The molecule has 4 rings (SSSR count). The van der Waals surface area contributed by atoms with Gasteiger partial charge in [0.15, 0.2) is 5.95 Å². The van der Waals surface area contributed by atoms with Crippen LogP contribution >= 0.6 is 0 Å². The molecule has 37 heavy (non-hydrogen) atoms. The SMILES string of the molecule is COc1ccc(-c2ccc(OCCC(C)(C)C)cc2C(=O)O)c(C(=O)Nc2ccc3nc(N)[nH]c3c2)n1. The van der Waals surface area contributed by atoms with Gasteiger partial charge < -0.3 is 30.6 Å². The van der Waals surface area contributed by atoms with E-state index in [4.69, 9.17) is 15.2 Å². The van der Waals surface area contributed by atoms with Crippen molar-refractivity contribution in [1.29, 1.82) is 0 Å². The molecule has 10 nitrogen and oxygen atoms in total. The van der Waals surface area contributed by atoms with E-state index in [0.717, 1.165) is 6.42 Å². The number of carboxylic acid groups (broad SMARTS) is 1. The highest BCUT2D eigenvalue weighted by molar-refractivity contribution is 6.09. The second-order valence-electron chi connectivity index (χ2n) is 9.73. The highest BCUT2D eigenvalue weighted by atomic mass is 16.5. The summed E-state index contributed by atoms with van der Waals surface area (Å²) in [7, 11) is 1.44. The van der Waals surface area contributed by atoms with Crippen LogP contribution in [0.1, 0.15) is 48.0 Å². The third kappa shape index (κ3) is 5.97. The van der Waals surface area contributed by atoms with Gasteiger partial charge in [-0.25, -0.2) is 14.8 Å². The van der Waals surface area contributed by atoms with E-state index < -0.39 is 11.9 Å². The molecule has 0 atom stereocenters. The van der Waals surface area contributed by atoms with Crippen molar-refractivity contribution in [3.8, 4) is 22.8 Å². The van der Waals surface area contributed by atoms with Crippen LogP contribution in [0, 0.1) is 5.41 Å². The molecular formula is C27H29N5O5. The normalized spacial score (nSPS) is 11.4. The number of amides is 1. The number of ether oxygens (including phenoxy) is 2. The van der Waals surface area contributed by atoms with E-state index in [0.29, 0.717) is 40.2 Å². The summed E-state index contributed by atoms with van der Waals surface area (Å²) in [6, 6.07) is 13.1. The van der Waals surface area contributed by atoms with Gasteiger partial charge in [0.1, 0.15) is 11.4 Å². The lowest BCUT2D eigenvalue weighted by Gasteiger charge is -2.18. The Morgan fingerprint density at radius 1 is 1.05 bits per heavy atom. The minimum Gasteiger partial charge on any atom is -0.494 e. The van der Waals surface area contributed by atoms with Crippen LogP contribution in [0.15, 0.2) is 48.5 Å². The molecule has 2 heterocycles. The molecule has 2 aromatic carbocycles. The van der Waals surface area contributed by atoms with E-state index in [-0.39, 0.29) is 28.5 Å². The summed E-state index contributed by atoms with van der Waals surface area (Å²) in [5, 5.41) is 12.8. The number of nitrogens with one attached hydrogen (secondary N) is 2. The molecule has 4 aromatic rings. The second kappa shape index (κ2) is 10.2. The molecule has 0 radical (unpaired) electrons. The van der Waals surface area contributed by atoms with E-state index in [9.17, 15) is 14.7 Å². The van der Waals surface area contributed by atoms with Crippen LogP contribution in [0.3, 0.4) is 0 Å². The van der Waals surface area contributed by atoms with Crippen molar-refractivity contribution in [1.82, 2.24) is 15.0 Å². The Morgan fingerprint density at radius 2 is 1.81 bits per heavy atom. The van der Waals surface area contributed by atoms with Gasteiger partial charge in [-0.3, -0.25) is 4.79 Å². The summed E-state index contributed by atoms with van der Waals surface area (Å²) in [6.07, 6.45) is 0.806. The number of aromatic nitrogens is 3. The maximum Gasteiger partial charge on any atom is 0.336 e. The van der Waals surface area contributed by atoms with Gasteiger partial charge in [0.05, 0.1) is 30.3 Å². The number of hydrogen-bond acceptors (Lipinski definition) is 7. The first kappa shape index (κ1) is 25.5. The van der Waals surface area contributed by atoms with Crippen LogP contribution in [0.4, 0.5) is 11.6 Å². The number of rotatable bonds is 8. The Morgan fingerprint density at radius 3 is 2.51 bits per heavy atom. The molecule has 0 bridgehead atoms. The van der Waals surface area contributed by atoms with Crippen LogP contribution in [-0.2, 0) is 0 Å². The van der Waals surface area contributed by atoms with E-state index in [1.54, 1.807) is 42.5 Å². The Kier molecular flexibility index (Phi) is 7.01. The van der Waals surface area contributed by atoms with E-state index in [2.05, 4.69) is 41.0 Å². The minimum atomic E-state index is -1.15. The van der Waals surface area contributed by atoms with Crippen molar-refractivity contribution >= 4 is 34.5 Å². The number of nitrogens with two attached hydrogens (primary N) is 1. The number of nitrogens with zero attached hydrogens (tertiary/aromatic N) is 2. The van der Waals surface area contributed by atoms with Crippen molar-refractivity contribution in [2.45, 2.75) is 27.2 Å². The van der Waals surface area contributed by atoms with Gasteiger partial charge in [-0.05, 0) is 59.9 Å². The van der Waals surface area contributed by atoms with Crippen LogP contribution in [-0.4, -0.2) is 45.7 Å². The summed E-state index contributed by atoms with van der Waals surface area (Å²) in [5.74, 6) is -0.778. The number of pyridine rings is 1. The summed E-state index contributed by atoms with van der Waals surface area (Å²) in [4.78, 5) is 36.9. The number of hydrogen-bond donors (Lipinski definition) is 4. The Hall–Kier alpha value is -4.60. The summed E-state index contributed by atoms with van der Waals surface area (Å²) >= 11 is 0. The largest absolute Gasteiger partial charge is 0.494 e. The number of benzene rings is 2. The molecule has 0 aliphatic carbocycles. The quantitative estimate of drug-likeness (QED) is 0.263. The number of carbonyl (C=O) groups excluding carboxylic acids is 1. The molecule has 10 heteroatoms. The molecule has 0 spiro atoms. The van der Waals surface area contributed by atoms with E-state index >= 15 is 0 Å². The van der Waals surface area contributed by atoms with Crippen molar-refractivity contribution < 1.29 is 24.2 Å². The van der Waals surface area contributed by atoms with Crippen LogP contribution < -0.4 is 20.5 Å². The highest BCUT2D eigenvalue weighted by Gasteiger charge is 2.22. The number of fused-ring (bicyclic) bond motifs is 1. The van der Waals surface area contributed by atoms with Crippen molar-refractivity contribution in [3.63, 3.8) is 0 Å². The van der Waals surface area contributed by atoms with Crippen molar-refractivity contribution in [2.75, 3.05) is 24.8 Å². The molecule has 5 N–H and O–H groups in total. The maximum atomic E-state index is 13.3. The fourth-order valence-corrected chi connectivity index (χ4v) is 3.74. The minimum absolute atomic E-state index is 0.00692. The molecule has 0 saturated carbocycles. The first-order valence-corrected chi connectivity index (χ1v) is 11.7. The zero-order chi connectivity index (χ0) is 26.7. The fourth-order valence-electron chi connectivity index (χ4n) is 3.74. The molecule has 2 aromatic heterocycles. The van der Waals surface area contributed by atoms with E-state index in [1.807, 2.05) is 0 Å². The van der Waals surface area contributed by atoms with Gasteiger partial charge in [-0.15, -0.1) is 0 Å². The number of aromatic carboxylic acids is 1. The van der Waals surface area contributed by atoms with Crippen LogP contribution in [0.5, 0.6) is 11.6 Å². The smallest absolute Gasteiger partial charge is 0.336 e. The Labute approximate surface area is 213 Å². The predicted octanol–water partition coefficient (Wildman–Crippen LogP) is 4.98. The summed E-state index contributed by atoms with van der Waals surface area (Å²) in [6.45, 7) is 6.77. The second-order valence-corrected chi connectivity index (χ2v) is 9.73. The number of carbonyl (C=O) groups is 2. The lowest BCUT2D eigenvalue weighted by Crippen LogP contribution is -2.16. The van der Waals surface area contributed by atoms with Gasteiger partial charge in [0, 0.05) is 17.3 Å². The number of anilines is 2. The highest BCUT2D eigenvalue weighted by Crippen LogP contribution is 2.32. The van der Waals surface area contributed by atoms with Gasteiger partial charge in [-0.1, -0.05) is 20.8 Å². The standard InChI is InChI=1S/C27H29N5O5/c1-27(2,3)11-12-37-16-6-7-17(19(14-16)25(34)35)18-8-10-22(36-4)32-23(18)24(33)29-15-5-9-20-21(13-15)31-26(28)30-20/h5-10,13-14H,11-12H2,1-4H3,(H,29,33)(H,34,35)(H3,28,30,31). The lowest BCUT2D eigenvalue weighted by molar-refractivity contribution is 0.0696. The predicted molar refractivity (Wildman–Crippen MR) is 141 cm³/mol. The number of aromatic amines is 1. The number of imidazole rings is 1. The number of methoxy groups -OCH3 is 1. The van der Waals surface area contributed by atoms with Crippen molar-refractivity contribution in [2.24, 2.45) is 5.41 Å². The molecular weight excluding hydrogens is 474 g/mol. The van der Waals surface area contributed by atoms with Gasteiger partial charge >= 0.3 is 5.97 Å². The third-order valence-electron chi connectivity index (χ3n) is 5.68. The summed E-state index contributed by atoms with van der Waals surface area (Å²) in [5.41, 5.74) is 8.25. The van der Waals surface area contributed by atoms with E-state index in [1.165, 1.54) is 13.2 Å².